The van der Waals surface area contributed by atoms with Crippen LogP contribution in [0.25, 0.3) is 0 Å². The third-order valence-corrected chi connectivity index (χ3v) is 3.08. The van der Waals surface area contributed by atoms with Crippen LogP contribution in [0.5, 0.6) is 0 Å². The molecule has 1 heterocycles. The van der Waals surface area contributed by atoms with Gasteiger partial charge in [0.2, 0.25) is 0 Å². The third kappa shape index (κ3) is 2.56. The number of nitrogens with zero attached hydrogens (tertiary/aromatic N) is 2. The highest BCUT2D eigenvalue weighted by atomic mass is 16.6. The lowest BCUT2D eigenvalue weighted by Crippen LogP contribution is -2.11. The lowest BCUT2D eigenvalue weighted by Gasteiger charge is -2.11. The van der Waals surface area contributed by atoms with E-state index in [2.05, 4.69) is 4.90 Å². The molecule has 0 saturated carbocycles. The Bertz CT molecular complexity index is 505. The Hall–Kier alpha value is -2.17. The van der Waals surface area contributed by atoms with Crippen LogP contribution in [0.2, 0.25) is 0 Å². The predicted molar refractivity (Wildman–Crippen MR) is 67.4 cm³/mol. The van der Waals surface area contributed by atoms with E-state index in [0.29, 0.717) is 5.56 Å². The predicted octanol–water partition coefficient (Wildman–Crippen LogP) is 2.39. The molecule has 5 nitrogen and oxygen atoms in total. The number of allylic oxidation sites excluding steroid dienone is 2. The van der Waals surface area contributed by atoms with Gasteiger partial charge >= 0.3 is 0 Å². The highest BCUT2D eigenvalue weighted by Gasteiger charge is 2.15. The van der Waals surface area contributed by atoms with E-state index in [-0.39, 0.29) is 11.5 Å². The molecule has 0 aromatic heterocycles. The topological polar surface area (TPSA) is 63.5 Å². The number of nitro benzene ring substituents is 1. The summed E-state index contributed by atoms with van der Waals surface area (Å²) in [6.07, 6.45) is 3.60. The molecular weight excluding hydrogens is 232 g/mol. The van der Waals surface area contributed by atoms with E-state index in [4.69, 9.17) is 0 Å². The lowest BCUT2D eigenvalue weighted by molar-refractivity contribution is -0.384. The molecule has 0 N–H and O–H groups in total. The van der Waals surface area contributed by atoms with Gasteiger partial charge in [-0.3, -0.25) is 14.9 Å². The van der Waals surface area contributed by atoms with Crippen molar-refractivity contribution in [1.82, 2.24) is 4.90 Å². The molecule has 18 heavy (non-hydrogen) atoms. The van der Waals surface area contributed by atoms with Gasteiger partial charge in [0, 0.05) is 43.1 Å². The summed E-state index contributed by atoms with van der Waals surface area (Å²) in [5, 5.41) is 10.5. The Kier molecular flexibility index (Phi) is 3.41. The smallest absolute Gasteiger partial charge is 0.269 e. The summed E-state index contributed by atoms with van der Waals surface area (Å²) in [7, 11) is 1.96. The highest BCUT2D eigenvalue weighted by Crippen LogP contribution is 2.20. The van der Waals surface area contributed by atoms with Crippen molar-refractivity contribution in [2.24, 2.45) is 0 Å². The van der Waals surface area contributed by atoms with E-state index in [1.165, 1.54) is 24.3 Å². The van der Waals surface area contributed by atoms with Gasteiger partial charge in [-0.05, 0) is 25.0 Å². The first-order valence-electron chi connectivity index (χ1n) is 5.78. The van der Waals surface area contributed by atoms with Crippen LogP contribution in [0, 0.1) is 10.1 Å². The molecule has 2 rings (SSSR count). The summed E-state index contributed by atoms with van der Waals surface area (Å²) in [4.78, 5) is 24.0. The Morgan fingerprint density at radius 2 is 2.06 bits per heavy atom. The van der Waals surface area contributed by atoms with Crippen molar-refractivity contribution in [3.05, 3.63) is 51.7 Å². The van der Waals surface area contributed by atoms with Crippen molar-refractivity contribution in [2.75, 3.05) is 13.6 Å². The first-order valence-corrected chi connectivity index (χ1v) is 5.78. The fraction of sp³-hybridized carbons (Fsp3) is 0.308. The Labute approximate surface area is 105 Å². The highest BCUT2D eigenvalue weighted by molar-refractivity contribution is 6.05. The van der Waals surface area contributed by atoms with Crippen molar-refractivity contribution in [3.63, 3.8) is 0 Å². The number of rotatable bonds is 3. The maximum Gasteiger partial charge on any atom is 0.269 e. The summed E-state index contributed by atoms with van der Waals surface area (Å²) >= 11 is 0. The van der Waals surface area contributed by atoms with E-state index in [9.17, 15) is 14.9 Å². The molecular formula is C13H14N2O3. The van der Waals surface area contributed by atoms with Gasteiger partial charge in [-0.1, -0.05) is 0 Å². The van der Waals surface area contributed by atoms with Gasteiger partial charge in [-0.25, -0.2) is 0 Å². The van der Waals surface area contributed by atoms with Gasteiger partial charge in [0.15, 0.2) is 5.78 Å². The monoisotopic (exact) mass is 246 g/mol. The minimum Gasteiger partial charge on any atom is -0.378 e. The van der Waals surface area contributed by atoms with Gasteiger partial charge in [0.25, 0.3) is 5.69 Å². The van der Waals surface area contributed by atoms with Gasteiger partial charge < -0.3 is 4.90 Å². The molecule has 0 atom stereocenters. The minimum atomic E-state index is -0.475. The molecule has 94 valence electrons. The van der Waals surface area contributed by atoms with E-state index >= 15 is 0 Å². The third-order valence-electron chi connectivity index (χ3n) is 3.08. The summed E-state index contributed by atoms with van der Waals surface area (Å²) in [5.41, 5.74) is 1.50. The van der Waals surface area contributed by atoms with Gasteiger partial charge in [0.05, 0.1) is 4.92 Å². The second kappa shape index (κ2) is 5.00. The van der Waals surface area contributed by atoms with Crippen molar-refractivity contribution >= 4 is 11.5 Å². The van der Waals surface area contributed by atoms with Crippen LogP contribution < -0.4 is 0 Å². The number of benzene rings is 1. The summed E-state index contributed by atoms with van der Waals surface area (Å²) in [5.74, 6) is -0.103. The van der Waals surface area contributed by atoms with Crippen molar-refractivity contribution < 1.29 is 9.72 Å². The lowest BCUT2D eigenvalue weighted by atomic mass is 10.1. The Morgan fingerprint density at radius 1 is 1.39 bits per heavy atom. The zero-order valence-electron chi connectivity index (χ0n) is 10.1. The maximum absolute atomic E-state index is 12.0. The number of carbonyl (C=O) groups excluding carboxylic acids is 1. The minimum absolute atomic E-state index is 0.00260. The average Bonchev–Trinajstić information content (AvgIpc) is 2.75. The van der Waals surface area contributed by atoms with Crippen molar-refractivity contribution in [1.29, 1.82) is 0 Å². The number of ketones is 1. The summed E-state index contributed by atoms with van der Waals surface area (Å²) < 4.78 is 0. The molecule has 0 radical (unpaired) electrons. The second-order valence-electron chi connectivity index (χ2n) is 4.33. The van der Waals surface area contributed by atoms with Gasteiger partial charge in [-0.2, -0.15) is 0 Å². The molecule has 1 aromatic carbocycles. The van der Waals surface area contributed by atoms with Gasteiger partial charge in [0.1, 0.15) is 0 Å². The SMILES string of the molecule is CN1CCCC1=CC(=O)c1ccc([N+](=O)[O-])cc1. The number of likely N-dealkylation sites (tertiary alicyclic amines) is 1. The zero-order valence-corrected chi connectivity index (χ0v) is 10.1. The maximum atomic E-state index is 12.0. The summed E-state index contributed by atoms with van der Waals surface area (Å²) in [6, 6.07) is 5.69. The van der Waals surface area contributed by atoms with Crippen LogP contribution in [0.3, 0.4) is 0 Å². The molecule has 0 amide bonds. The van der Waals surface area contributed by atoms with E-state index in [1.54, 1.807) is 6.08 Å². The first kappa shape index (κ1) is 12.3. The van der Waals surface area contributed by atoms with Crippen LogP contribution in [0.4, 0.5) is 5.69 Å². The Balaban J connectivity index is 2.16. The standard InChI is InChI=1S/C13H14N2O3/c1-14-8-2-3-12(14)9-13(16)10-4-6-11(7-5-10)15(17)18/h4-7,9H,2-3,8H2,1H3. The molecule has 1 aliphatic rings. The summed E-state index contributed by atoms with van der Waals surface area (Å²) in [6.45, 7) is 0.972. The molecule has 0 spiro atoms. The molecule has 5 heteroatoms. The van der Waals surface area contributed by atoms with Crippen LogP contribution in [-0.4, -0.2) is 29.2 Å². The number of carbonyl (C=O) groups is 1. The molecule has 1 saturated heterocycles. The van der Waals surface area contributed by atoms with Crippen molar-refractivity contribution in [3.8, 4) is 0 Å². The van der Waals surface area contributed by atoms with Crippen molar-refractivity contribution in [2.45, 2.75) is 12.8 Å². The van der Waals surface area contributed by atoms with E-state index in [1.807, 2.05) is 7.05 Å². The molecule has 0 unspecified atom stereocenters. The van der Waals surface area contributed by atoms with Crippen LogP contribution in [0.1, 0.15) is 23.2 Å². The number of nitro groups is 1. The molecule has 0 aliphatic carbocycles. The van der Waals surface area contributed by atoms with Crippen LogP contribution >= 0.6 is 0 Å². The van der Waals surface area contributed by atoms with E-state index in [0.717, 1.165) is 25.1 Å². The molecule has 1 fully saturated rings. The number of hydrogen-bond donors (Lipinski definition) is 0. The largest absolute Gasteiger partial charge is 0.378 e. The average molecular weight is 246 g/mol. The first-order chi connectivity index (χ1) is 8.58. The fourth-order valence-electron chi connectivity index (χ4n) is 2.00. The number of hydrogen-bond acceptors (Lipinski definition) is 4. The van der Waals surface area contributed by atoms with Gasteiger partial charge in [-0.15, -0.1) is 0 Å². The zero-order chi connectivity index (χ0) is 13.1. The normalized spacial score (nSPS) is 17.2. The molecule has 1 aliphatic heterocycles. The number of non-ortho nitro benzene ring substituents is 1. The second-order valence-corrected chi connectivity index (χ2v) is 4.33. The van der Waals surface area contributed by atoms with Crippen LogP contribution in [-0.2, 0) is 0 Å². The molecule has 1 aromatic rings. The Morgan fingerprint density at radius 3 is 2.56 bits per heavy atom. The van der Waals surface area contributed by atoms with E-state index < -0.39 is 4.92 Å². The quantitative estimate of drug-likeness (QED) is 0.355. The fourth-order valence-corrected chi connectivity index (χ4v) is 2.00. The van der Waals surface area contributed by atoms with Crippen LogP contribution in [0.15, 0.2) is 36.0 Å². The molecule has 0 bridgehead atoms.